The van der Waals surface area contributed by atoms with Crippen molar-refractivity contribution in [3.63, 3.8) is 0 Å². The molecule has 1 saturated heterocycles. The van der Waals surface area contributed by atoms with Crippen molar-refractivity contribution < 1.29 is 9.90 Å². The minimum atomic E-state index is -0.409. The number of rotatable bonds is 1. The Balaban J connectivity index is 1.92. The van der Waals surface area contributed by atoms with E-state index in [-0.39, 0.29) is 5.91 Å². The zero-order chi connectivity index (χ0) is 8.72. The Hall–Kier alpha value is -0.570. The number of carbonyl (C=O) groups is 1. The molecule has 0 bridgehead atoms. The van der Waals surface area contributed by atoms with Gasteiger partial charge in [0.15, 0.2) is 0 Å². The van der Waals surface area contributed by atoms with Gasteiger partial charge >= 0.3 is 0 Å². The van der Waals surface area contributed by atoms with Crippen molar-refractivity contribution in [1.29, 1.82) is 0 Å². The number of carbonyl (C=O) groups excluding carboxylic acids is 1. The van der Waals surface area contributed by atoms with E-state index in [1.54, 1.807) is 0 Å². The number of nitrogens with zero attached hydrogens (tertiary/aromatic N) is 1. The van der Waals surface area contributed by atoms with Gasteiger partial charge in [0.1, 0.15) is 0 Å². The van der Waals surface area contributed by atoms with Crippen molar-refractivity contribution in [3.8, 4) is 0 Å². The SMILES string of the molecule is CC1CC(N2CC(O)CC2=O)C1. The summed E-state index contributed by atoms with van der Waals surface area (Å²) in [5.41, 5.74) is 0. The van der Waals surface area contributed by atoms with Crippen LogP contribution >= 0.6 is 0 Å². The van der Waals surface area contributed by atoms with Crippen molar-refractivity contribution in [2.45, 2.75) is 38.3 Å². The van der Waals surface area contributed by atoms with Crippen molar-refractivity contribution >= 4 is 5.91 Å². The van der Waals surface area contributed by atoms with Gasteiger partial charge in [-0.1, -0.05) is 6.92 Å². The van der Waals surface area contributed by atoms with Gasteiger partial charge in [0, 0.05) is 12.6 Å². The zero-order valence-electron chi connectivity index (χ0n) is 7.36. The zero-order valence-corrected chi connectivity index (χ0v) is 7.36. The lowest BCUT2D eigenvalue weighted by Crippen LogP contribution is -2.44. The fourth-order valence-electron chi connectivity index (χ4n) is 2.18. The van der Waals surface area contributed by atoms with Crippen LogP contribution in [0.15, 0.2) is 0 Å². The smallest absolute Gasteiger partial charge is 0.225 e. The average molecular weight is 169 g/mol. The summed E-state index contributed by atoms with van der Waals surface area (Å²) in [6.07, 6.45) is 2.18. The molecule has 1 heterocycles. The van der Waals surface area contributed by atoms with Gasteiger partial charge in [-0.25, -0.2) is 0 Å². The number of amides is 1. The highest BCUT2D eigenvalue weighted by Crippen LogP contribution is 2.33. The highest BCUT2D eigenvalue weighted by atomic mass is 16.3. The molecule has 1 atom stereocenters. The molecule has 2 rings (SSSR count). The molecular formula is C9H15NO2. The van der Waals surface area contributed by atoms with Gasteiger partial charge in [-0.2, -0.15) is 0 Å². The monoisotopic (exact) mass is 169 g/mol. The van der Waals surface area contributed by atoms with Crippen molar-refractivity contribution in [2.24, 2.45) is 5.92 Å². The fourth-order valence-corrected chi connectivity index (χ4v) is 2.18. The Labute approximate surface area is 72.4 Å². The van der Waals surface area contributed by atoms with Crippen LogP contribution in [0.3, 0.4) is 0 Å². The Morgan fingerprint density at radius 1 is 1.50 bits per heavy atom. The Morgan fingerprint density at radius 3 is 2.58 bits per heavy atom. The molecule has 12 heavy (non-hydrogen) atoms. The molecule has 1 aliphatic heterocycles. The predicted octanol–water partition coefficient (Wildman–Crippen LogP) is 0.378. The van der Waals surface area contributed by atoms with E-state index in [1.165, 1.54) is 0 Å². The second-order valence-corrected chi connectivity index (χ2v) is 4.13. The van der Waals surface area contributed by atoms with Crippen LogP contribution in [0.2, 0.25) is 0 Å². The number of hydrogen-bond donors (Lipinski definition) is 1. The Morgan fingerprint density at radius 2 is 2.17 bits per heavy atom. The molecule has 1 unspecified atom stereocenters. The summed E-state index contributed by atoms with van der Waals surface area (Å²) in [6.45, 7) is 2.77. The number of aliphatic hydroxyl groups excluding tert-OH is 1. The fraction of sp³-hybridized carbons (Fsp3) is 0.889. The summed E-state index contributed by atoms with van der Waals surface area (Å²) in [4.78, 5) is 13.1. The number of hydrogen-bond acceptors (Lipinski definition) is 2. The van der Waals surface area contributed by atoms with Crippen LogP contribution in [0.25, 0.3) is 0 Å². The Bertz CT molecular complexity index is 199. The molecule has 0 spiro atoms. The summed E-state index contributed by atoms with van der Waals surface area (Å²) >= 11 is 0. The third-order valence-corrected chi connectivity index (χ3v) is 2.93. The molecule has 1 amide bonds. The number of β-amino-alcohol motifs (C(OH)–C–C–N with tert-alkyl or cyclic N) is 1. The first-order valence-electron chi connectivity index (χ1n) is 4.64. The van der Waals surface area contributed by atoms with E-state index in [2.05, 4.69) is 6.92 Å². The quantitative estimate of drug-likeness (QED) is 0.616. The predicted molar refractivity (Wildman–Crippen MR) is 44.5 cm³/mol. The van der Waals surface area contributed by atoms with E-state index in [0.717, 1.165) is 18.8 Å². The van der Waals surface area contributed by atoms with E-state index < -0.39 is 6.10 Å². The van der Waals surface area contributed by atoms with Crippen molar-refractivity contribution in [3.05, 3.63) is 0 Å². The highest BCUT2D eigenvalue weighted by molar-refractivity contribution is 5.79. The topological polar surface area (TPSA) is 40.5 Å². The van der Waals surface area contributed by atoms with Crippen LogP contribution in [-0.2, 0) is 4.79 Å². The van der Waals surface area contributed by atoms with E-state index in [0.29, 0.717) is 19.0 Å². The third-order valence-electron chi connectivity index (χ3n) is 2.93. The lowest BCUT2D eigenvalue weighted by molar-refractivity contribution is -0.131. The highest BCUT2D eigenvalue weighted by Gasteiger charge is 2.38. The molecule has 3 nitrogen and oxygen atoms in total. The van der Waals surface area contributed by atoms with Gasteiger partial charge in [0.05, 0.1) is 12.5 Å². The summed E-state index contributed by atoms with van der Waals surface area (Å²) < 4.78 is 0. The van der Waals surface area contributed by atoms with Crippen molar-refractivity contribution in [2.75, 3.05) is 6.54 Å². The largest absolute Gasteiger partial charge is 0.391 e. The van der Waals surface area contributed by atoms with Gasteiger partial charge in [0.2, 0.25) is 5.91 Å². The van der Waals surface area contributed by atoms with Gasteiger partial charge < -0.3 is 10.0 Å². The van der Waals surface area contributed by atoms with E-state index in [9.17, 15) is 9.90 Å². The second-order valence-electron chi connectivity index (χ2n) is 4.13. The first-order valence-corrected chi connectivity index (χ1v) is 4.64. The van der Waals surface area contributed by atoms with Crippen LogP contribution in [0.4, 0.5) is 0 Å². The van der Waals surface area contributed by atoms with Crippen LogP contribution in [0.1, 0.15) is 26.2 Å². The molecule has 3 heteroatoms. The van der Waals surface area contributed by atoms with Gasteiger partial charge in [-0.3, -0.25) is 4.79 Å². The average Bonchev–Trinajstić information content (AvgIpc) is 2.23. The maximum atomic E-state index is 11.3. The Kier molecular flexibility index (Phi) is 1.83. The normalized spacial score (nSPS) is 41.7. The van der Waals surface area contributed by atoms with E-state index >= 15 is 0 Å². The maximum absolute atomic E-state index is 11.3. The van der Waals surface area contributed by atoms with Crippen LogP contribution < -0.4 is 0 Å². The minimum absolute atomic E-state index is 0.138. The first-order chi connectivity index (χ1) is 5.66. The molecule has 1 saturated carbocycles. The van der Waals surface area contributed by atoms with Gasteiger partial charge in [-0.05, 0) is 18.8 Å². The molecule has 68 valence electrons. The number of likely N-dealkylation sites (tertiary alicyclic amines) is 1. The summed E-state index contributed by atoms with van der Waals surface area (Å²) in [7, 11) is 0. The van der Waals surface area contributed by atoms with Crippen LogP contribution in [0.5, 0.6) is 0 Å². The second kappa shape index (κ2) is 2.73. The van der Waals surface area contributed by atoms with Crippen LogP contribution in [0, 0.1) is 5.92 Å². The standard InChI is InChI=1S/C9H15NO2/c1-6-2-7(3-6)10-5-8(11)4-9(10)12/h6-8,11H,2-5H2,1H3. The molecule has 0 aromatic carbocycles. The van der Waals surface area contributed by atoms with Crippen molar-refractivity contribution in [1.82, 2.24) is 4.90 Å². The molecule has 1 aliphatic carbocycles. The third kappa shape index (κ3) is 1.22. The molecule has 0 aromatic heterocycles. The summed E-state index contributed by atoms with van der Waals surface area (Å²) in [6, 6.07) is 0.435. The molecule has 2 aliphatic rings. The molecule has 2 fully saturated rings. The molecule has 0 aromatic rings. The maximum Gasteiger partial charge on any atom is 0.225 e. The summed E-state index contributed by atoms with van der Waals surface area (Å²) in [5.74, 6) is 0.903. The molecular weight excluding hydrogens is 154 g/mol. The van der Waals surface area contributed by atoms with Gasteiger partial charge in [-0.15, -0.1) is 0 Å². The lowest BCUT2D eigenvalue weighted by Gasteiger charge is -2.39. The van der Waals surface area contributed by atoms with E-state index in [4.69, 9.17) is 0 Å². The minimum Gasteiger partial charge on any atom is -0.391 e. The molecule has 1 N–H and O–H groups in total. The van der Waals surface area contributed by atoms with Gasteiger partial charge in [0.25, 0.3) is 0 Å². The van der Waals surface area contributed by atoms with Crippen LogP contribution in [-0.4, -0.2) is 34.6 Å². The number of aliphatic hydroxyl groups is 1. The molecule has 0 radical (unpaired) electrons. The summed E-state index contributed by atoms with van der Waals surface area (Å²) in [5, 5.41) is 9.24. The lowest BCUT2D eigenvalue weighted by atomic mass is 9.81. The first kappa shape index (κ1) is 8.05. The van der Waals surface area contributed by atoms with E-state index in [1.807, 2.05) is 4.90 Å².